The van der Waals surface area contributed by atoms with Crippen molar-refractivity contribution in [1.29, 1.82) is 0 Å². The predicted molar refractivity (Wildman–Crippen MR) is 243 cm³/mol. The Balaban J connectivity index is 4.29. The standard InChI is InChI=1S/C51H94O6/c1-4-7-10-13-16-19-21-23-24-25-26-27-28-30-32-35-38-41-44-50(53)56-47-48(46-55-49(52)43-40-37-34-31-18-15-12-9-6-3)57-51(54)45-42-39-36-33-29-22-20-17-14-11-8-5-2/h19,21,24-25,48H,4-18,20,22-23,26-47H2,1-3H3/b21-19-,25-24-. The summed E-state index contributed by atoms with van der Waals surface area (Å²) >= 11 is 0. The molecule has 1 unspecified atom stereocenters. The highest BCUT2D eigenvalue weighted by Gasteiger charge is 2.19. The molecule has 6 nitrogen and oxygen atoms in total. The number of ether oxygens (including phenoxy) is 3. The van der Waals surface area contributed by atoms with E-state index in [1.54, 1.807) is 0 Å². The Morgan fingerprint density at radius 2 is 0.632 bits per heavy atom. The largest absolute Gasteiger partial charge is 0.462 e. The Hall–Kier alpha value is -2.11. The monoisotopic (exact) mass is 803 g/mol. The summed E-state index contributed by atoms with van der Waals surface area (Å²) in [5.41, 5.74) is 0. The minimum atomic E-state index is -0.766. The van der Waals surface area contributed by atoms with E-state index >= 15 is 0 Å². The van der Waals surface area contributed by atoms with E-state index in [0.717, 1.165) is 70.6 Å². The highest BCUT2D eigenvalue weighted by atomic mass is 16.6. The van der Waals surface area contributed by atoms with Crippen LogP contribution in [0.25, 0.3) is 0 Å². The molecule has 0 N–H and O–H groups in total. The van der Waals surface area contributed by atoms with Gasteiger partial charge in [0.25, 0.3) is 0 Å². The molecule has 0 aliphatic heterocycles. The molecule has 0 aromatic heterocycles. The van der Waals surface area contributed by atoms with Crippen LogP contribution in [0.15, 0.2) is 24.3 Å². The van der Waals surface area contributed by atoms with Crippen molar-refractivity contribution in [2.75, 3.05) is 13.2 Å². The summed E-state index contributed by atoms with van der Waals surface area (Å²) in [7, 11) is 0. The summed E-state index contributed by atoms with van der Waals surface area (Å²) in [6, 6.07) is 0. The number of rotatable bonds is 45. The summed E-state index contributed by atoms with van der Waals surface area (Å²) in [5.74, 6) is -0.870. The van der Waals surface area contributed by atoms with Gasteiger partial charge in [0.1, 0.15) is 13.2 Å². The van der Waals surface area contributed by atoms with Crippen LogP contribution in [0.2, 0.25) is 0 Å². The van der Waals surface area contributed by atoms with Crippen LogP contribution in [0, 0.1) is 0 Å². The van der Waals surface area contributed by atoms with Crippen LogP contribution >= 0.6 is 0 Å². The number of hydrogen-bond donors (Lipinski definition) is 0. The summed E-state index contributed by atoms with van der Waals surface area (Å²) in [4.78, 5) is 37.8. The SMILES string of the molecule is CCCCCC/C=C\C/C=C\CCCCCCCCCC(=O)OCC(COC(=O)CCCCCCCCCCC)OC(=O)CCCCCCCCCCCCCC. The van der Waals surface area contributed by atoms with Crippen molar-refractivity contribution in [1.82, 2.24) is 0 Å². The second-order valence-electron chi connectivity index (χ2n) is 16.7. The van der Waals surface area contributed by atoms with Gasteiger partial charge in [-0.25, -0.2) is 0 Å². The van der Waals surface area contributed by atoms with E-state index in [1.807, 2.05) is 0 Å². The van der Waals surface area contributed by atoms with Gasteiger partial charge in [0.05, 0.1) is 0 Å². The number of carbonyl (C=O) groups is 3. The maximum Gasteiger partial charge on any atom is 0.306 e. The average molecular weight is 803 g/mol. The molecule has 0 aromatic carbocycles. The van der Waals surface area contributed by atoms with Crippen LogP contribution < -0.4 is 0 Å². The fourth-order valence-corrected chi connectivity index (χ4v) is 7.18. The van der Waals surface area contributed by atoms with E-state index in [0.29, 0.717) is 19.3 Å². The zero-order chi connectivity index (χ0) is 41.5. The average Bonchev–Trinajstić information content (AvgIpc) is 3.21. The Morgan fingerprint density at radius 3 is 0.982 bits per heavy atom. The Kier molecular flexibility index (Phi) is 44.9. The number of unbranched alkanes of at least 4 members (excludes halogenated alkanes) is 30. The number of carbonyl (C=O) groups excluding carboxylic acids is 3. The van der Waals surface area contributed by atoms with Crippen molar-refractivity contribution in [2.45, 2.75) is 271 Å². The molecule has 0 heterocycles. The van der Waals surface area contributed by atoms with Gasteiger partial charge in [-0.2, -0.15) is 0 Å². The minimum absolute atomic E-state index is 0.0697. The van der Waals surface area contributed by atoms with Gasteiger partial charge in [0, 0.05) is 19.3 Å². The molecular weight excluding hydrogens is 709 g/mol. The van der Waals surface area contributed by atoms with Gasteiger partial charge in [-0.05, 0) is 51.4 Å². The molecule has 0 rings (SSSR count). The van der Waals surface area contributed by atoms with Crippen molar-refractivity contribution in [3.05, 3.63) is 24.3 Å². The molecule has 334 valence electrons. The number of allylic oxidation sites excluding steroid dienone is 4. The second-order valence-corrected chi connectivity index (χ2v) is 16.7. The third-order valence-corrected chi connectivity index (χ3v) is 11.0. The van der Waals surface area contributed by atoms with E-state index in [4.69, 9.17) is 14.2 Å². The van der Waals surface area contributed by atoms with Crippen molar-refractivity contribution < 1.29 is 28.6 Å². The van der Waals surface area contributed by atoms with E-state index < -0.39 is 6.10 Å². The molecule has 0 saturated carbocycles. The third-order valence-electron chi connectivity index (χ3n) is 11.0. The molecule has 0 radical (unpaired) electrons. The van der Waals surface area contributed by atoms with E-state index in [1.165, 1.54) is 154 Å². The summed E-state index contributed by atoms with van der Waals surface area (Å²) < 4.78 is 16.7. The second kappa shape index (κ2) is 46.6. The fraction of sp³-hybridized carbons (Fsp3) is 0.863. The lowest BCUT2D eigenvalue weighted by molar-refractivity contribution is -0.167. The molecule has 0 saturated heterocycles. The van der Waals surface area contributed by atoms with Gasteiger partial charge < -0.3 is 14.2 Å². The topological polar surface area (TPSA) is 78.9 Å². The van der Waals surface area contributed by atoms with Gasteiger partial charge in [-0.3, -0.25) is 14.4 Å². The van der Waals surface area contributed by atoms with Crippen molar-refractivity contribution >= 4 is 17.9 Å². The first-order valence-electron chi connectivity index (χ1n) is 24.8. The molecule has 0 aromatic rings. The minimum Gasteiger partial charge on any atom is -0.462 e. The Morgan fingerprint density at radius 1 is 0.351 bits per heavy atom. The summed E-state index contributed by atoms with van der Waals surface area (Å²) in [5, 5.41) is 0. The van der Waals surface area contributed by atoms with Gasteiger partial charge >= 0.3 is 17.9 Å². The van der Waals surface area contributed by atoms with Crippen molar-refractivity contribution in [3.8, 4) is 0 Å². The Bertz CT molecular complexity index is 927. The molecule has 0 spiro atoms. The lowest BCUT2D eigenvalue weighted by Gasteiger charge is -2.18. The molecule has 0 aliphatic rings. The molecule has 0 bridgehead atoms. The first kappa shape index (κ1) is 54.9. The van der Waals surface area contributed by atoms with Gasteiger partial charge in [-0.1, -0.05) is 218 Å². The first-order valence-corrected chi connectivity index (χ1v) is 24.8. The van der Waals surface area contributed by atoms with Crippen LogP contribution in [0.5, 0.6) is 0 Å². The molecule has 1 atom stereocenters. The third kappa shape index (κ3) is 44.8. The normalized spacial score (nSPS) is 12.1. The molecular formula is C51H94O6. The zero-order valence-electron chi connectivity index (χ0n) is 38.1. The van der Waals surface area contributed by atoms with Crippen LogP contribution in [-0.2, 0) is 28.6 Å². The van der Waals surface area contributed by atoms with Crippen LogP contribution in [-0.4, -0.2) is 37.2 Å². The fourth-order valence-electron chi connectivity index (χ4n) is 7.18. The first-order chi connectivity index (χ1) is 28.0. The van der Waals surface area contributed by atoms with Gasteiger partial charge in [-0.15, -0.1) is 0 Å². The van der Waals surface area contributed by atoms with Crippen LogP contribution in [0.4, 0.5) is 0 Å². The quantitative estimate of drug-likeness (QED) is 0.0264. The highest BCUT2D eigenvalue weighted by Crippen LogP contribution is 2.15. The van der Waals surface area contributed by atoms with Crippen molar-refractivity contribution in [2.24, 2.45) is 0 Å². The molecule has 0 amide bonds. The van der Waals surface area contributed by atoms with Gasteiger partial charge in [0.15, 0.2) is 6.10 Å². The molecule has 57 heavy (non-hydrogen) atoms. The maximum atomic E-state index is 12.7. The van der Waals surface area contributed by atoms with E-state index in [9.17, 15) is 14.4 Å². The lowest BCUT2D eigenvalue weighted by Crippen LogP contribution is -2.30. The van der Waals surface area contributed by atoms with Crippen LogP contribution in [0.1, 0.15) is 265 Å². The van der Waals surface area contributed by atoms with Crippen molar-refractivity contribution in [3.63, 3.8) is 0 Å². The number of hydrogen-bond acceptors (Lipinski definition) is 6. The number of esters is 3. The molecule has 6 heteroatoms. The highest BCUT2D eigenvalue weighted by molar-refractivity contribution is 5.71. The molecule has 0 aliphatic carbocycles. The summed E-state index contributed by atoms with van der Waals surface area (Å²) in [6.45, 7) is 6.61. The maximum absolute atomic E-state index is 12.7. The zero-order valence-corrected chi connectivity index (χ0v) is 38.1. The summed E-state index contributed by atoms with van der Waals surface area (Å²) in [6.07, 6.45) is 51.6. The predicted octanol–water partition coefficient (Wildman–Crippen LogP) is 16.0. The smallest absolute Gasteiger partial charge is 0.306 e. The van der Waals surface area contributed by atoms with Crippen LogP contribution in [0.3, 0.4) is 0 Å². The lowest BCUT2D eigenvalue weighted by atomic mass is 10.0. The Labute approximate surface area is 353 Å². The van der Waals surface area contributed by atoms with E-state index in [2.05, 4.69) is 45.1 Å². The van der Waals surface area contributed by atoms with E-state index in [-0.39, 0.29) is 31.1 Å². The molecule has 0 fully saturated rings. The van der Waals surface area contributed by atoms with Gasteiger partial charge in [0.2, 0.25) is 0 Å².